The Morgan fingerprint density at radius 2 is 1.84 bits per heavy atom. The van der Waals surface area contributed by atoms with Gasteiger partial charge in [0.15, 0.2) is 0 Å². The van der Waals surface area contributed by atoms with E-state index in [1.807, 2.05) is 0 Å². The van der Waals surface area contributed by atoms with Gasteiger partial charge in [-0.1, -0.05) is 47.5 Å². The maximum atomic E-state index is 13.7. The topological polar surface area (TPSA) is 20.2 Å². The molecule has 0 aliphatic heterocycles. The minimum Gasteiger partial charge on any atom is -0.385 e. The summed E-state index contributed by atoms with van der Waals surface area (Å²) in [6.45, 7) is 1.57. The summed E-state index contributed by atoms with van der Waals surface area (Å²) in [5.74, 6) is -0.433. The maximum Gasteiger partial charge on any atom is 0.129 e. The van der Waals surface area contributed by atoms with Crippen molar-refractivity contribution in [3.8, 4) is 0 Å². The normalized spacial score (nSPS) is 14.2. The van der Waals surface area contributed by atoms with Gasteiger partial charge in [-0.05, 0) is 30.7 Å². The molecule has 0 heterocycles. The van der Waals surface area contributed by atoms with Crippen molar-refractivity contribution < 1.29 is 9.50 Å². The van der Waals surface area contributed by atoms with Gasteiger partial charge in [-0.15, -0.1) is 0 Å². The Hall–Kier alpha value is -1.09. The zero-order valence-electron chi connectivity index (χ0n) is 10.3. The van der Waals surface area contributed by atoms with Gasteiger partial charge in [0.05, 0.1) is 5.60 Å². The summed E-state index contributed by atoms with van der Waals surface area (Å²) in [6.07, 6.45) is 0.212. The molecule has 0 fully saturated rings. The Morgan fingerprint density at radius 3 is 2.47 bits per heavy atom. The van der Waals surface area contributed by atoms with Gasteiger partial charge in [0.2, 0.25) is 0 Å². The highest BCUT2D eigenvalue weighted by Crippen LogP contribution is 2.31. The Balaban J connectivity index is 2.33. The van der Waals surface area contributed by atoms with E-state index in [2.05, 4.69) is 0 Å². The minimum absolute atomic E-state index is 0.212. The van der Waals surface area contributed by atoms with Gasteiger partial charge in [0, 0.05) is 22.0 Å². The van der Waals surface area contributed by atoms with E-state index in [0.717, 1.165) is 5.56 Å². The highest BCUT2D eigenvalue weighted by Gasteiger charge is 2.27. The van der Waals surface area contributed by atoms with Crippen LogP contribution in [0.15, 0.2) is 42.5 Å². The zero-order valence-corrected chi connectivity index (χ0v) is 11.8. The molecule has 0 radical (unpaired) electrons. The van der Waals surface area contributed by atoms with Gasteiger partial charge in [0.25, 0.3) is 0 Å². The Kier molecular flexibility index (Phi) is 4.14. The van der Waals surface area contributed by atoms with Crippen LogP contribution in [0.4, 0.5) is 4.39 Å². The monoisotopic (exact) mass is 298 g/mol. The lowest BCUT2D eigenvalue weighted by Gasteiger charge is -2.25. The quantitative estimate of drug-likeness (QED) is 0.879. The van der Waals surface area contributed by atoms with Gasteiger partial charge < -0.3 is 5.11 Å². The number of aliphatic hydroxyl groups is 1. The maximum absolute atomic E-state index is 13.7. The first-order valence-corrected chi connectivity index (χ1v) is 6.57. The molecule has 19 heavy (non-hydrogen) atoms. The van der Waals surface area contributed by atoms with Gasteiger partial charge in [-0.2, -0.15) is 0 Å². The van der Waals surface area contributed by atoms with E-state index in [0.29, 0.717) is 10.0 Å². The fourth-order valence-electron chi connectivity index (χ4n) is 2.03. The minimum atomic E-state index is -1.33. The largest absolute Gasteiger partial charge is 0.385 e. The number of hydrogen-bond donors (Lipinski definition) is 1. The second-order valence-corrected chi connectivity index (χ2v) is 5.51. The highest BCUT2D eigenvalue weighted by molar-refractivity contribution is 6.35. The predicted octanol–water partition coefficient (Wildman–Crippen LogP) is 4.58. The van der Waals surface area contributed by atoms with Crippen LogP contribution in [-0.2, 0) is 12.0 Å². The zero-order chi connectivity index (χ0) is 14.0. The van der Waals surface area contributed by atoms with Gasteiger partial charge in [-0.3, -0.25) is 0 Å². The molecule has 4 heteroatoms. The molecule has 0 saturated heterocycles. The lowest BCUT2D eigenvalue weighted by molar-refractivity contribution is 0.0538. The third-order valence-corrected chi connectivity index (χ3v) is 3.59. The van der Waals surface area contributed by atoms with E-state index in [1.165, 1.54) is 6.07 Å². The Labute approximate surface area is 121 Å². The second-order valence-electron chi connectivity index (χ2n) is 4.67. The lowest BCUT2D eigenvalue weighted by atomic mass is 9.89. The van der Waals surface area contributed by atoms with Crippen molar-refractivity contribution in [1.82, 2.24) is 0 Å². The van der Waals surface area contributed by atoms with Crippen LogP contribution in [0.3, 0.4) is 0 Å². The smallest absolute Gasteiger partial charge is 0.129 e. The average molecular weight is 299 g/mol. The number of benzene rings is 2. The molecule has 0 aliphatic rings. The first-order valence-electron chi connectivity index (χ1n) is 5.81. The van der Waals surface area contributed by atoms with Crippen molar-refractivity contribution in [2.24, 2.45) is 0 Å². The van der Waals surface area contributed by atoms with Crippen molar-refractivity contribution in [3.63, 3.8) is 0 Å². The van der Waals surface area contributed by atoms with Crippen LogP contribution >= 0.6 is 23.2 Å². The van der Waals surface area contributed by atoms with Crippen molar-refractivity contribution in [3.05, 3.63) is 69.5 Å². The second kappa shape index (κ2) is 5.49. The summed E-state index contributed by atoms with van der Waals surface area (Å²) >= 11 is 11.9. The molecule has 1 atom stereocenters. The molecule has 1 nitrogen and oxygen atoms in total. The van der Waals surface area contributed by atoms with E-state index in [1.54, 1.807) is 43.3 Å². The third kappa shape index (κ3) is 3.27. The third-order valence-electron chi connectivity index (χ3n) is 3.00. The number of halogens is 3. The van der Waals surface area contributed by atoms with Crippen LogP contribution < -0.4 is 0 Å². The van der Waals surface area contributed by atoms with E-state index < -0.39 is 11.4 Å². The van der Waals surface area contributed by atoms with Crippen LogP contribution in [0.1, 0.15) is 18.1 Å². The first-order chi connectivity index (χ1) is 8.90. The fraction of sp³-hybridized carbons (Fsp3) is 0.200. The summed E-state index contributed by atoms with van der Waals surface area (Å²) in [4.78, 5) is 0. The molecule has 0 aromatic heterocycles. The molecular weight excluding hydrogens is 286 g/mol. The summed E-state index contributed by atoms with van der Waals surface area (Å²) in [5, 5.41) is 11.5. The number of hydrogen-bond acceptors (Lipinski definition) is 1. The van der Waals surface area contributed by atoms with Crippen LogP contribution in [0.5, 0.6) is 0 Å². The molecule has 0 aliphatic carbocycles. The van der Waals surface area contributed by atoms with E-state index >= 15 is 0 Å². The van der Waals surface area contributed by atoms with E-state index in [9.17, 15) is 9.50 Å². The SMILES string of the molecule is CC(O)(Cc1ccc(Cl)cc1Cl)c1ccccc1F. The van der Waals surface area contributed by atoms with Gasteiger partial charge in [-0.25, -0.2) is 4.39 Å². The van der Waals surface area contributed by atoms with Crippen molar-refractivity contribution in [1.29, 1.82) is 0 Å². The summed E-state index contributed by atoms with van der Waals surface area (Å²) in [5.41, 5.74) is -0.358. The van der Waals surface area contributed by atoms with Gasteiger partial charge in [0.1, 0.15) is 5.82 Å². The van der Waals surface area contributed by atoms with Gasteiger partial charge >= 0.3 is 0 Å². The van der Waals surface area contributed by atoms with Crippen molar-refractivity contribution in [2.45, 2.75) is 18.9 Å². The Morgan fingerprint density at radius 1 is 1.16 bits per heavy atom. The van der Waals surface area contributed by atoms with Crippen molar-refractivity contribution in [2.75, 3.05) is 0 Å². The molecule has 1 N–H and O–H groups in total. The molecular formula is C15H13Cl2FO. The molecule has 0 bridgehead atoms. The molecule has 2 aromatic rings. The van der Waals surface area contributed by atoms with E-state index in [-0.39, 0.29) is 12.0 Å². The molecule has 1 unspecified atom stereocenters. The first kappa shape index (κ1) is 14.3. The molecule has 2 rings (SSSR count). The average Bonchev–Trinajstić information content (AvgIpc) is 2.33. The summed E-state index contributed by atoms with van der Waals surface area (Å²) < 4.78 is 13.7. The summed E-state index contributed by atoms with van der Waals surface area (Å²) in [7, 11) is 0. The standard InChI is InChI=1S/C15H13Cl2FO/c1-15(19,12-4-2-3-5-14(12)18)9-10-6-7-11(16)8-13(10)17/h2-8,19H,9H2,1H3. The molecule has 0 spiro atoms. The van der Waals surface area contributed by atoms with E-state index in [4.69, 9.17) is 23.2 Å². The summed E-state index contributed by atoms with van der Waals surface area (Å²) in [6, 6.07) is 11.2. The van der Waals surface area contributed by atoms with Crippen molar-refractivity contribution >= 4 is 23.2 Å². The molecule has 2 aromatic carbocycles. The lowest BCUT2D eigenvalue weighted by Crippen LogP contribution is -2.25. The van der Waals surface area contributed by atoms with Crippen LogP contribution in [0.2, 0.25) is 10.0 Å². The Bertz CT molecular complexity index is 596. The van der Waals surface area contributed by atoms with Crippen LogP contribution in [0.25, 0.3) is 0 Å². The van der Waals surface area contributed by atoms with Crippen LogP contribution in [0, 0.1) is 5.82 Å². The predicted molar refractivity (Wildman–Crippen MR) is 76.1 cm³/mol. The molecule has 0 amide bonds. The molecule has 100 valence electrons. The molecule has 0 saturated carbocycles. The highest BCUT2D eigenvalue weighted by atomic mass is 35.5. The number of rotatable bonds is 3. The fourth-order valence-corrected chi connectivity index (χ4v) is 2.50. The van der Waals surface area contributed by atoms with Crippen LogP contribution in [-0.4, -0.2) is 5.11 Å².